The summed E-state index contributed by atoms with van der Waals surface area (Å²) in [7, 11) is -3.71. The van der Waals surface area contributed by atoms with Gasteiger partial charge in [0, 0.05) is 18.5 Å². The molecule has 22 heavy (non-hydrogen) atoms. The van der Waals surface area contributed by atoms with E-state index in [1.165, 1.54) is 31.4 Å². The highest BCUT2D eigenvalue weighted by molar-refractivity contribution is 7.89. The minimum absolute atomic E-state index is 0.227. The zero-order chi connectivity index (χ0) is 16.5. The summed E-state index contributed by atoms with van der Waals surface area (Å²) < 4.78 is 35.8. The van der Waals surface area contributed by atoms with Crippen LogP contribution in [-0.2, 0) is 34.7 Å². The number of esters is 1. The maximum absolute atomic E-state index is 12.5. The van der Waals surface area contributed by atoms with Gasteiger partial charge in [-0.05, 0) is 13.8 Å². The van der Waals surface area contributed by atoms with Crippen LogP contribution in [0.2, 0.25) is 0 Å². The van der Waals surface area contributed by atoms with Crippen LogP contribution >= 0.6 is 11.3 Å². The SMILES string of the molecule is CCS(=O)(=O)NC1=C(OC(C)=O)C(=O)C(C)(c2nccs2)O1. The second-order valence-corrected chi connectivity index (χ2v) is 7.46. The lowest BCUT2D eigenvalue weighted by molar-refractivity contribution is -0.142. The van der Waals surface area contributed by atoms with Gasteiger partial charge < -0.3 is 9.47 Å². The lowest BCUT2D eigenvalue weighted by atomic mass is 10.0. The fourth-order valence-electron chi connectivity index (χ4n) is 1.73. The molecule has 8 nitrogen and oxygen atoms in total. The van der Waals surface area contributed by atoms with E-state index in [2.05, 4.69) is 9.71 Å². The van der Waals surface area contributed by atoms with E-state index >= 15 is 0 Å². The van der Waals surface area contributed by atoms with Gasteiger partial charge in [0.1, 0.15) is 5.01 Å². The number of nitrogens with zero attached hydrogens (tertiary/aromatic N) is 1. The number of Topliss-reactive ketones (excluding diaryl/α,β-unsaturated/α-hetero) is 1. The summed E-state index contributed by atoms with van der Waals surface area (Å²) in [4.78, 5) is 27.7. The second kappa shape index (κ2) is 5.69. The lowest BCUT2D eigenvalue weighted by Crippen LogP contribution is -2.32. The van der Waals surface area contributed by atoms with Gasteiger partial charge >= 0.3 is 5.97 Å². The number of rotatable bonds is 5. The zero-order valence-electron chi connectivity index (χ0n) is 12.1. The molecule has 0 fully saturated rings. The van der Waals surface area contributed by atoms with Crippen LogP contribution in [0, 0.1) is 0 Å². The van der Waals surface area contributed by atoms with Crippen molar-refractivity contribution in [3.05, 3.63) is 28.2 Å². The van der Waals surface area contributed by atoms with Crippen LogP contribution in [0.1, 0.15) is 25.8 Å². The van der Waals surface area contributed by atoms with Crippen LogP contribution in [0.4, 0.5) is 0 Å². The molecule has 0 spiro atoms. The minimum atomic E-state index is -3.71. The normalized spacial score (nSPS) is 21.7. The van der Waals surface area contributed by atoms with E-state index < -0.39 is 39.0 Å². The highest BCUT2D eigenvalue weighted by Gasteiger charge is 2.51. The summed E-state index contributed by atoms with van der Waals surface area (Å²) in [6, 6.07) is 0. The molecule has 0 saturated heterocycles. The summed E-state index contributed by atoms with van der Waals surface area (Å²) in [5, 5.41) is 1.98. The molecular formula is C12H14N2O6S2. The van der Waals surface area contributed by atoms with Gasteiger partial charge in [-0.25, -0.2) is 13.4 Å². The standard InChI is InChI=1S/C12H14N2O6S2/c1-4-22(17,18)14-10-8(19-7(2)15)9(16)12(3,20-10)11-13-5-6-21-11/h5-6,14H,4H2,1-3H3. The number of hydrogen-bond acceptors (Lipinski definition) is 8. The molecule has 0 bridgehead atoms. The minimum Gasteiger partial charge on any atom is -0.453 e. The Labute approximate surface area is 131 Å². The Morgan fingerprint density at radius 1 is 1.55 bits per heavy atom. The van der Waals surface area contributed by atoms with Gasteiger partial charge in [-0.15, -0.1) is 11.3 Å². The van der Waals surface area contributed by atoms with Crippen LogP contribution in [-0.4, -0.2) is 30.9 Å². The molecule has 0 aromatic carbocycles. The Morgan fingerprint density at radius 2 is 2.23 bits per heavy atom. The largest absolute Gasteiger partial charge is 0.453 e. The third-order valence-electron chi connectivity index (χ3n) is 2.87. The van der Waals surface area contributed by atoms with Crippen LogP contribution < -0.4 is 4.72 Å². The molecule has 1 N–H and O–H groups in total. The molecule has 0 amide bonds. The van der Waals surface area contributed by atoms with Crippen molar-refractivity contribution >= 4 is 33.1 Å². The van der Waals surface area contributed by atoms with Crippen molar-refractivity contribution in [3.63, 3.8) is 0 Å². The third kappa shape index (κ3) is 2.97. The van der Waals surface area contributed by atoms with Gasteiger partial charge in [-0.2, -0.15) is 0 Å². The molecule has 1 aliphatic heterocycles. The van der Waals surface area contributed by atoms with E-state index in [4.69, 9.17) is 9.47 Å². The number of carbonyl (C=O) groups excluding carboxylic acids is 2. The number of hydrogen-bond donors (Lipinski definition) is 1. The molecule has 1 aromatic rings. The van der Waals surface area contributed by atoms with Crippen molar-refractivity contribution < 1.29 is 27.5 Å². The molecular weight excluding hydrogens is 332 g/mol. The van der Waals surface area contributed by atoms with Gasteiger partial charge in [0.2, 0.25) is 21.4 Å². The first-order valence-corrected chi connectivity index (χ1v) is 8.79. The molecule has 120 valence electrons. The third-order valence-corrected chi connectivity index (χ3v) is 5.10. The molecule has 1 atom stereocenters. The highest BCUT2D eigenvalue weighted by atomic mass is 32.2. The average molecular weight is 346 g/mol. The highest BCUT2D eigenvalue weighted by Crippen LogP contribution is 2.39. The number of nitrogens with one attached hydrogen (secondary N) is 1. The fourth-order valence-corrected chi connectivity index (χ4v) is 3.03. The molecule has 0 saturated carbocycles. The fraction of sp³-hybridized carbons (Fsp3) is 0.417. The molecule has 1 aromatic heterocycles. The Kier molecular flexibility index (Phi) is 4.25. The number of sulfonamides is 1. The number of aromatic nitrogens is 1. The lowest BCUT2D eigenvalue weighted by Gasteiger charge is -2.20. The molecule has 1 aliphatic rings. The van der Waals surface area contributed by atoms with E-state index in [9.17, 15) is 18.0 Å². The molecule has 0 radical (unpaired) electrons. The monoisotopic (exact) mass is 346 g/mol. The number of ether oxygens (including phenoxy) is 2. The van der Waals surface area contributed by atoms with Crippen molar-refractivity contribution in [2.45, 2.75) is 26.4 Å². The smallest absolute Gasteiger partial charge is 0.308 e. The predicted molar refractivity (Wildman–Crippen MR) is 76.9 cm³/mol. The quantitative estimate of drug-likeness (QED) is 0.778. The van der Waals surface area contributed by atoms with E-state index in [1.807, 2.05) is 0 Å². The zero-order valence-corrected chi connectivity index (χ0v) is 13.7. The number of carbonyl (C=O) groups is 2. The van der Waals surface area contributed by atoms with Crippen LogP contribution in [0.3, 0.4) is 0 Å². The Bertz CT molecular complexity index is 738. The summed E-state index contributed by atoms with van der Waals surface area (Å²) in [6.45, 7) is 3.96. The van der Waals surface area contributed by atoms with Crippen molar-refractivity contribution in [3.8, 4) is 0 Å². The maximum atomic E-state index is 12.5. The molecule has 10 heteroatoms. The van der Waals surface area contributed by atoms with Gasteiger partial charge in [0.15, 0.2) is 0 Å². The van der Waals surface area contributed by atoms with Gasteiger partial charge in [0.25, 0.3) is 11.7 Å². The topological polar surface area (TPSA) is 112 Å². The molecule has 0 aliphatic carbocycles. The van der Waals surface area contributed by atoms with E-state index in [0.717, 1.165) is 6.92 Å². The first-order valence-electron chi connectivity index (χ1n) is 6.26. The summed E-state index contributed by atoms with van der Waals surface area (Å²) in [6.07, 6.45) is 1.49. The molecule has 2 rings (SSSR count). The molecule has 2 heterocycles. The van der Waals surface area contributed by atoms with Gasteiger partial charge in [0.05, 0.1) is 5.75 Å². The Morgan fingerprint density at radius 3 is 2.73 bits per heavy atom. The average Bonchev–Trinajstić information content (AvgIpc) is 3.03. The second-order valence-electron chi connectivity index (χ2n) is 4.56. The molecule has 1 unspecified atom stereocenters. The Hall–Kier alpha value is -1.94. The van der Waals surface area contributed by atoms with E-state index in [-0.39, 0.29) is 5.75 Å². The summed E-state index contributed by atoms with van der Waals surface area (Å²) in [5.74, 6) is -2.54. The van der Waals surface area contributed by atoms with Crippen LogP contribution in [0.15, 0.2) is 23.2 Å². The predicted octanol–water partition coefficient (Wildman–Crippen LogP) is 0.629. The van der Waals surface area contributed by atoms with Gasteiger partial charge in [-0.3, -0.25) is 14.3 Å². The number of thiazole rings is 1. The summed E-state index contributed by atoms with van der Waals surface area (Å²) >= 11 is 1.17. The van der Waals surface area contributed by atoms with Crippen molar-refractivity contribution in [1.82, 2.24) is 9.71 Å². The Balaban J connectivity index is 2.44. The van der Waals surface area contributed by atoms with Crippen molar-refractivity contribution in [1.29, 1.82) is 0 Å². The van der Waals surface area contributed by atoms with Crippen molar-refractivity contribution in [2.75, 3.05) is 5.75 Å². The maximum Gasteiger partial charge on any atom is 0.308 e. The van der Waals surface area contributed by atoms with Gasteiger partial charge in [-0.1, -0.05) is 0 Å². The van der Waals surface area contributed by atoms with Crippen LogP contribution in [0.25, 0.3) is 0 Å². The van der Waals surface area contributed by atoms with Crippen LogP contribution in [0.5, 0.6) is 0 Å². The van der Waals surface area contributed by atoms with Crippen molar-refractivity contribution in [2.24, 2.45) is 0 Å². The first kappa shape index (κ1) is 16.4. The summed E-state index contributed by atoms with van der Waals surface area (Å²) in [5.41, 5.74) is -1.54. The van der Waals surface area contributed by atoms with E-state index in [0.29, 0.717) is 5.01 Å². The number of ketones is 1. The first-order chi connectivity index (χ1) is 10.2. The van der Waals surface area contributed by atoms with E-state index in [1.54, 1.807) is 5.38 Å².